The molecule has 5 heteroatoms. The summed E-state index contributed by atoms with van der Waals surface area (Å²) in [7, 11) is 0. The van der Waals surface area contributed by atoms with Crippen molar-refractivity contribution >= 4 is 11.8 Å². The maximum atomic E-state index is 12.1. The second kappa shape index (κ2) is 8.67. The van der Waals surface area contributed by atoms with Gasteiger partial charge in [0.05, 0.1) is 0 Å². The minimum Gasteiger partial charge on any atom is -0.352 e. The molecule has 0 saturated carbocycles. The average molecular weight is 317 g/mol. The number of amides is 2. The topological polar surface area (TPSA) is 70.2 Å². The Morgan fingerprint density at radius 2 is 2.22 bits per heavy atom. The maximum absolute atomic E-state index is 12.1. The molecule has 1 aliphatic rings. The smallest absolute Gasteiger partial charge is 0.251 e. The van der Waals surface area contributed by atoms with Crippen LogP contribution in [0.25, 0.3) is 0 Å². The number of rotatable bonds is 7. The number of nitrogens with one attached hydrogen (secondary N) is 3. The Balaban J connectivity index is 1.84. The van der Waals surface area contributed by atoms with E-state index in [0.29, 0.717) is 24.6 Å². The van der Waals surface area contributed by atoms with Crippen LogP contribution in [-0.4, -0.2) is 30.4 Å². The van der Waals surface area contributed by atoms with Gasteiger partial charge < -0.3 is 16.0 Å². The van der Waals surface area contributed by atoms with Crippen LogP contribution in [0.3, 0.4) is 0 Å². The lowest BCUT2D eigenvalue weighted by Crippen LogP contribution is -2.32. The third-order valence-corrected chi connectivity index (χ3v) is 4.26. The third-order valence-electron chi connectivity index (χ3n) is 4.26. The Kier molecular flexibility index (Phi) is 6.59. The minimum absolute atomic E-state index is 0.0545. The summed E-state index contributed by atoms with van der Waals surface area (Å²) in [4.78, 5) is 24.1. The largest absolute Gasteiger partial charge is 0.352 e. The van der Waals surface area contributed by atoms with E-state index in [0.717, 1.165) is 31.4 Å². The Labute approximate surface area is 138 Å². The Hall–Kier alpha value is -1.88. The molecule has 2 unspecified atom stereocenters. The van der Waals surface area contributed by atoms with Gasteiger partial charge in [-0.2, -0.15) is 0 Å². The highest BCUT2D eigenvalue weighted by molar-refractivity contribution is 5.94. The maximum Gasteiger partial charge on any atom is 0.251 e. The molecule has 0 bridgehead atoms. The Morgan fingerprint density at radius 1 is 1.39 bits per heavy atom. The number of carbonyl (C=O) groups is 2. The molecule has 0 radical (unpaired) electrons. The first-order valence-corrected chi connectivity index (χ1v) is 8.48. The molecule has 1 aromatic rings. The molecule has 0 spiro atoms. The Bertz CT molecular complexity index is 539. The molecular weight excluding hydrogens is 290 g/mol. The van der Waals surface area contributed by atoms with Crippen molar-refractivity contribution in [2.75, 3.05) is 6.54 Å². The molecule has 1 fully saturated rings. The monoisotopic (exact) mass is 317 g/mol. The van der Waals surface area contributed by atoms with Crippen LogP contribution < -0.4 is 16.0 Å². The summed E-state index contributed by atoms with van der Waals surface area (Å²) >= 11 is 0. The fourth-order valence-electron chi connectivity index (χ4n) is 2.66. The van der Waals surface area contributed by atoms with Crippen molar-refractivity contribution in [3.63, 3.8) is 0 Å². The molecule has 5 nitrogen and oxygen atoms in total. The van der Waals surface area contributed by atoms with E-state index in [1.54, 1.807) is 6.07 Å². The molecule has 1 aromatic carbocycles. The highest BCUT2D eigenvalue weighted by Gasteiger charge is 2.17. The summed E-state index contributed by atoms with van der Waals surface area (Å²) in [6.45, 7) is 5.48. The van der Waals surface area contributed by atoms with Crippen molar-refractivity contribution in [1.29, 1.82) is 0 Å². The van der Waals surface area contributed by atoms with Gasteiger partial charge in [0.15, 0.2) is 0 Å². The van der Waals surface area contributed by atoms with Gasteiger partial charge in [0.2, 0.25) is 5.91 Å². The van der Waals surface area contributed by atoms with Crippen molar-refractivity contribution in [3.8, 4) is 0 Å². The number of hydrogen-bond acceptors (Lipinski definition) is 3. The minimum atomic E-state index is -0.0670. The van der Waals surface area contributed by atoms with E-state index in [1.807, 2.05) is 32.0 Å². The molecule has 2 rings (SSSR count). The predicted molar refractivity (Wildman–Crippen MR) is 91.1 cm³/mol. The molecule has 23 heavy (non-hydrogen) atoms. The predicted octanol–water partition coefficient (Wildman–Crippen LogP) is 1.97. The number of carbonyl (C=O) groups excluding carboxylic acids is 2. The first kappa shape index (κ1) is 17.5. The van der Waals surface area contributed by atoms with E-state index in [-0.39, 0.29) is 17.9 Å². The second-order valence-corrected chi connectivity index (χ2v) is 6.26. The zero-order valence-electron chi connectivity index (χ0n) is 14.0. The first-order valence-electron chi connectivity index (χ1n) is 8.48. The molecule has 126 valence electrons. The summed E-state index contributed by atoms with van der Waals surface area (Å²) < 4.78 is 0. The Morgan fingerprint density at radius 3 is 2.91 bits per heavy atom. The molecule has 1 heterocycles. The number of hydrogen-bond donors (Lipinski definition) is 3. The zero-order chi connectivity index (χ0) is 16.7. The molecule has 0 aromatic heterocycles. The molecule has 2 atom stereocenters. The highest BCUT2D eigenvalue weighted by Crippen LogP contribution is 2.09. The van der Waals surface area contributed by atoms with E-state index < -0.39 is 0 Å². The summed E-state index contributed by atoms with van der Waals surface area (Å²) in [5.74, 6) is -0.0125. The zero-order valence-corrected chi connectivity index (χ0v) is 14.0. The van der Waals surface area contributed by atoms with Crippen LogP contribution in [0.5, 0.6) is 0 Å². The van der Waals surface area contributed by atoms with Crippen LogP contribution in [0, 0.1) is 0 Å². The van der Waals surface area contributed by atoms with Crippen molar-refractivity contribution in [1.82, 2.24) is 16.0 Å². The van der Waals surface area contributed by atoms with Crippen LogP contribution in [-0.2, 0) is 11.3 Å². The van der Waals surface area contributed by atoms with Gasteiger partial charge in [0, 0.05) is 30.6 Å². The van der Waals surface area contributed by atoms with Crippen molar-refractivity contribution < 1.29 is 9.59 Å². The standard InChI is InChI=1S/C18H27N3O2/c1-3-13(2)21-18(23)15-7-4-6-14(10-15)12-20-17(22)11-16-8-5-9-19-16/h4,6-7,10,13,16,19H,3,5,8-9,11-12H2,1-2H3,(H,20,22)(H,21,23). The molecule has 1 aliphatic heterocycles. The quantitative estimate of drug-likeness (QED) is 0.720. The molecule has 2 amide bonds. The van der Waals surface area contributed by atoms with Gasteiger partial charge in [0.25, 0.3) is 5.91 Å². The van der Waals surface area contributed by atoms with E-state index >= 15 is 0 Å². The molecule has 1 saturated heterocycles. The van der Waals surface area contributed by atoms with E-state index in [1.165, 1.54) is 0 Å². The van der Waals surface area contributed by atoms with Crippen LogP contribution in [0.15, 0.2) is 24.3 Å². The molecule has 0 aliphatic carbocycles. The van der Waals surface area contributed by atoms with E-state index in [2.05, 4.69) is 16.0 Å². The fourth-order valence-corrected chi connectivity index (χ4v) is 2.66. The van der Waals surface area contributed by atoms with Gasteiger partial charge >= 0.3 is 0 Å². The van der Waals surface area contributed by atoms with Gasteiger partial charge in [0.1, 0.15) is 0 Å². The lowest BCUT2D eigenvalue weighted by molar-refractivity contribution is -0.121. The van der Waals surface area contributed by atoms with Gasteiger partial charge in [-0.1, -0.05) is 19.1 Å². The lowest BCUT2D eigenvalue weighted by atomic mass is 10.1. The van der Waals surface area contributed by atoms with Crippen LogP contribution in [0.4, 0.5) is 0 Å². The highest BCUT2D eigenvalue weighted by atomic mass is 16.2. The first-order chi connectivity index (χ1) is 11.1. The SMILES string of the molecule is CCC(C)NC(=O)c1cccc(CNC(=O)CC2CCCN2)c1. The molecule has 3 N–H and O–H groups in total. The van der Waals surface area contributed by atoms with Crippen molar-refractivity contribution in [2.45, 2.75) is 58.2 Å². The second-order valence-electron chi connectivity index (χ2n) is 6.26. The summed E-state index contributed by atoms with van der Waals surface area (Å²) in [6.07, 6.45) is 3.63. The van der Waals surface area contributed by atoms with E-state index in [4.69, 9.17) is 0 Å². The fraction of sp³-hybridized carbons (Fsp3) is 0.556. The summed E-state index contributed by atoms with van der Waals surface area (Å²) in [5, 5.41) is 9.20. The van der Waals surface area contributed by atoms with Crippen LogP contribution >= 0.6 is 0 Å². The third kappa shape index (κ3) is 5.67. The average Bonchev–Trinajstić information content (AvgIpc) is 3.06. The van der Waals surface area contributed by atoms with Crippen molar-refractivity contribution in [2.24, 2.45) is 0 Å². The molecular formula is C18H27N3O2. The van der Waals surface area contributed by atoms with Gasteiger partial charge in [-0.15, -0.1) is 0 Å². The van der Waals surface area contributed by atoms with Gasteiger partial charge in [-0.3, -0.25) is 9.59 Å². The van der Waals surface area contributed by atoms with Crippen LogP contribution in [0.1, 0.15) is 55.5 Å². The van der Waals surface area contributed by atoms with E-state index in [9.17, 15) is 9.59 Å². The summed E-state index contributed by atoms with van der Waals surface area (Å²) in [6, 6.07) is 7.88. The lowest BCUT2D eigenvalue weighted by Gasteiger charge is -2.13. The van der Waals surface area contributed by atoms with Gasteiger partial charge in [-0.05, 0) is 50.4 Å². The summed E-state index contributed by atoms with van der Waals surface area (Å²) in [5.41, 5.74) is 1.57. The van der Waals surface area contributed by atoms with Crippen molar-refractivity contribution in [3.05, 3.63) is 35.4 Å². The normalized spacial score (nSPS) is 18.4. The number of benzene rings is 1. The van der Waals surface area contributed by atoms with Crippen LogP contribution in [0.2, 0.25) is 0 Å². The van der Waals surface area contributed by atoms with Gasteiger partial charge in [-0.25, -0.2) is 0 Å².